The Hall–Kier alpha value is -1.29. The second-order valence-electron chi connectivity index (χ2n) is 4.51. The van der Waals surface area contributed by atoms with Gasteiger partial charge in [0, 0.05) is 19.0 Å². The summed E-state index contributed by atoms with van der Waals surface area (Å²) in [5, 5.41) is 6.41. The van der Waals surface area contributed by atoms with Crippen molar-refractivity contribution in [2.75, 3.05) is 13.1 Å². The lowest BCUT2D eigenvalue weighted by Crippen LogP contribution is -2.46. The highest BCUT2D eigenvalue weighted by atomic mass is 32.1. The molecule has 16 heavy (non-hydrogen) atoms. The first-order chi connectivity index (χ1) is 7.92. The van der Waals surface area contributed by atoms with Crippen LogP contribution in [0.2, 0.25) is 0 Å². The third kappa shape index (κ3) is 1.11. The fourth-order valence-corrected chi connectivity index (χ4v) is 3.50. The van der Waals surface area contributed by atoms with Crippen LogP contribution in [-0.2, 0) is 0 Å². The number of hydrogen-bond donors (Lipinski definition) is 0. The number of thiophene rings is 1. The smallest absolute Gasteiger partial charge is 0.175 e. The van der Waals surface area contributed by atoms with Crippen LogP contribution in [0, 0.1) is 5.92 Å². The largest absolute Gasteiger partial charge is 0.370 e. The zero-order chi connectivity index (χ0) is 10.5. The molecule has 0 N–H and O–H groups in total. The molecule has 4 aliphatic heterocycles. The average molecular weight is 232 g/mol. The monoisotopic (exact) mass is 232 g/mol. The second kappa shape index (κ2) is 3.10. The fraction of sp³-hybridized carbons (Fsp3) is 0.417. The molecule has 4 heteroatoms. The molecule has 5 rings (SSSR count). The molecule has 0 unspecified atom stereocenters. The van der Waals surface area contributed by atoms with Gasteiger partial charge in [0.2, 0.25) is 0 Å². The van der Waals surface area contributed by atoms with Gasteiger partial charge in [0.15, 0.2) is 5.75 Å². The highest BCUT2D eigenvalue weighted by Gasteiger charge is 2.36. The normalized spacial score (nSPS) is 22.9. The molecule has 0 atom stereocenters. The van der Waals surface area contributed by atoms with Gasteiger partial charge in [-0.1, -0.05) is 5.16 Å². The first-order valence-corrected chi connectivity index (χ1v) is 6.59. The van der Waals surface area contributed by atoms with Crippen molar-refractivity contribution < 1.29 is 4.84 Å². The summed E-state index contributed by atoms with van der Waals surface area (Å²) in [6.45, 7) is 2.35. The lowest BCUT2D eigenvalue weighted by atomic mass is 9.84. The Bertz CT molecular complexity index is 495. The number of rotatable bonds is 0. The van der Waals surface area contributed by atoms with Gasteiger partial charge in [-0.05, 0) is 30.4 Å². The quantitative estimate of drug-likeness (QED) is 0.686. The summed E-state index contributed by atoms with van der Waals surface area (Å²) in [6.07, 6.45) is 4.71. The van der Waals surface area contributed by atoms with E-state index < -0.39 is 0 Å². The van der Waals surface area contributed by atoms with E-state index in [9.17, 15) is 0 Å². The van der Waals surface area contributed by atoms with Gasteiger partial charge in [0.1, 0.15) is 5.71 Å². The van der Waals surface area contributed by atoms with E-state index in [0.717, 1.165) is 5.75 Å². The Labute approximate surface area is 98.0 Å². The number of nitrogens with zero attached hydrogens (tertiary/aromatic N) is 2. The molecule has 0 radical (unpaired) electrons. The fourth-order valence-electron chi connectivity index (χ4n) is 2.76. The number of oxime groups is 1. The maximum absolute atomic E-state index is 5.53. The minimum Gasteiger partial charge on any atom is -0.370 e. The molecule has 3 fully saturated rings. The van der Waals surface area contributed by atoms with E-state index in [2.05, 4.69) is 21.5 Å². The van der Waals surface area contributed by atoms with Crippen molar-refractivity contribution in [1.82, 2.24) is 4.90 Å². The van der Waals surface area contributed by atoms with Crippen LogP contribution in [0.25, 0.3) is 6.08 Å². The molecule has 0 aliphatic carbocycles. The average Bonchev–Trinajstić information content (AvgIpc) is 2.68. The Morgan fingerprint density at radius 1 is 1.38 bits per heavy atom. The second-order valence-corrected chi connectivity index (χ2v) is 5.46. The summed E-state index contributed by atoms with van der Waals surface area (Å²) in [7, 11) is 0. The van der Waals surface area contributed by atoms with Crippen molar-refractivity contribution in [2.45, 2.75) is 12.8 Å². The number of piperidine rings is 3. The molecule has 2 bridgehead atoms. The SMILES string of the molecule is C1=C2C(=NOc3ccsc31)C1CCN2CC1. The summed E-state index contributed by atoms with van der Waals surface area (Å²) in [6, 6.07) is 2.00. The molecule has 1 aromatic heterocycles. The van der Waals surface area contributed by atoms with Gasteiger partial charge in [-0.3, -0.25) is 0 Å². The highest BCUT2D eigenvalue weighted by Crippen LogP contribution is 2.38. The number of allylic oxidation sites excluding steroid dienone is 1. The van der Waals surface area contributed by atoms with Gasteiger partial charge in [0.25, 0.3) is 0 Å². The van der Waals surface area contributed by atoms with Crippen molar-refractivity contribution in [3.05, 3.63) is 22.0 Å². The summed E-state index contributed by atoms with van der Waals surface area (Å²) in [5.74, 6) is 1.52. The van der Waals surface area contributed by atoms with Gasteiger partial charge in [0.05, 0.1) is 10.6 Å². The molecular formula is C12H12N2OS. The first kappa shape index (κ1) is 8.82. The third-order valence-electron chi connectivity index (χ3n) is 3.65. The van der Waals surface area contributed by atoms with Crippen LogP contribution in [0.3, 0.4) is 0 Å². The van der Waals surface area contributed by atoms with Gasteiger partial charge < -0.3 is 9.74 Å². The summed E-state index contributed by atoms with van der Waals surface area (Å²) in [4.78, 5) is 9.17. The highest BCUT2D eigenvalue weighted by molar-refractivity contribution is 7.11. The lowest BCUT2D eigenvalue weighted by Gasteiger charge is -2.42. The van der Waals surface area contributed by atoms with Crippen LogP contribution in [0.15, 0.2) is 22.3 Å². The Morgan fingerprint density at radius 3 is 3.12 bits per heavy atom. The molecule has 0 spiro atoms. The molecule has 0 saturated carbocycles. The maximum Gasteiger partial charge on any atom is 0.175 e. The van der Waals surface area contributed by atoms with Crippen molar-refractivity contribution in [3.8, 4) is 5.75 Å². The molecule has 3 nitrogen and oxygen atoms in total. The summed E-state index contributed by atoms with van der Waals surface area (Å²) in [5.41, 5.74) is 2.46. The van der Waals surface area contributed by atoms with Gasteiger partial charge >= 0.3 is 0 Å². The van der Waals surface area contributed by atoms with Gasteiger partial charge in [-0.2, -0.15) is 0 Å². The van der Waals surface area contributed by atoms with Crippen molar-refractivity contribution >= 4 is 23.1 Å². The number of hydrogen-bond acceptors (Lipinski definition) is 4. The first-order valence-electron chi connectivity index (χ1n) is 5.71. The maximum atomic E-state index is 5.53. The zero-order valence-electron chi connectivity index (χ0n) is 8.85. The molecular weight excluding hydrogens is 220 g/mol. The Kier molecular flexibility index (Phi) is 1.71. The van der Waals surface area contributed by atoms with E-state index in [0.29, 0.717) is 5.92 Å². The van der Waals surface area contributed by atoms with Crippen LogP contribution in [0.5, 0.6) is 5.75 Å². The Balaban J connectivity index is 1.88. The van der Waals surface area contributed by atoms with Crippen LogP contribution in [0.4, 0.5) is 0 Å². The van der Waals surface area contributed by atoms with E-state index >= 15 is 0 Å². The van der Waals surface area contributed by atoms with Crippen molar-refractivity contribution in [3.63, 3.8) is 0 Å². The van der Waals surface area contributed by atoms with Crippen LogP contribution < -0.4 is 4.84 Å². The van der Waals surface area contributed by atoms with E-state index in [1.807, 2.05) is 6.07 Å². The third-order valence-corrected chi connectivity index (χ3v) is 4.50. The topological polar surface area (TPSA) is 24.8 Å². The molecule has 82 valence electrons. The zero-order valence-corrected chi connectivity index (χ0v) is 9.67. The lowest BCUT2D eigenvalue weighted by molar-refractivity contribution is 0.234. The molecule has 3 saturated heterocycles. The number of fused-ring (bicyclic) bond motifs is 3. The van der Waals surface area contributed by atoms with Crippen LogP contribution in [-0.4, -0.2) is 23.7 Å². The molecule has 0 amide bonds. The minimum absolute atomic E-state index is 0.616. The van der Waals surface area contributed by atoms with E-state index in [4.69, 9.17) is 4.84 Å². The molecule has 0 aromatic carbocycles. The predicted octanol–water partition coefficient (Wildman–Crippen LogP) is 2.56. The van der Waals surface area contributed by atoms with E-state index in [1.54, 1.807) is 11.3 Å². The molecule has 4 aliphatic rings. The van der Waals surface area contributed by atoms with E-state index in [-0.39, 0.29) is 0 Å². The summed E-state index contributed by atoms with van der Waals surface area (Å²) >= 11 is 1.72. The van der Waals surface area contributed by atoms with Crippen LogP contribution in [0.1, 0.15) is 17.7 Å². The molecule has 1 aromatic rings. The van der Waals surface area contributed by atoms with Gasteiger partial charge in [-0.25, -0.2) is 0 Å². The van der Waals surface area contributed by atoms with Crippen molar-refractivity contribution in [1.29, 1.82) is 0 Å². The van der Waals surface area contributed by atoms with Gasteiger partial charge in [-0.15, -0.1) is 11.3 Å². The molecule has 5 heterocycles. The summed E-state index contributed by atoms with van der Waals surface area (Å²) < 4.78 is 0. The van der Waals surface area contributed by atoms with Crippen molar-refractivity contribution in [2.24, 2.45) is 11.1 Å². The van der Waals surface area contributed by atoms with E-state index in [1.165, 1.54) is 42.2 Å². The minimum atomic E-state index is 0.616. The standard InChI is InChI=1S/C12H12N2OS/c1-4-14-5-2-8(1)12-9(14)7-11-10(15-13-12)3-6-16-11/h3,6-8H,1-2,4-5H2. The predicted molar refractivity (Wildman–Crippen MR) is 64.7 cm³/mol. The van der Waals surface area contributed by atoms with Crippen LogP contribution >= 0.6 is 11.3 Å². The Morgan fingerprint density at radius 2 is 2.25 bits per heavy atom.